The van der Waals surface area contributed by atoms with Gasteiger partial charge < -0.3 is 4.74 Å². The van der Waals surface area contributed by atoms with Gasteiger partial charge in [0, 0.05) is 5.56 Å². The molecule has 0 amide bonds. The average molecular weight is 298 g/mol. The van der Waals surface area contributed by atoms with Gasteiger partial charge in [0.2, 0.25) is 0 Å². The molecular formula is C19H19FO2. The summed E-state index contributed by atoms with van der Waals surface area (Å²) in [7, 11) is 0. The van der Waals surface area contributed by atoms with Crippen molar-refractivity contribution in [2.45, 2.75) is 13.8 Å². The van der Waals surface area contributed by atoms with E-state index in [0.717, 1.165) is 11.3 Å². The summed E-state index contributed by atoms with van der Waals surface area (Å²) in [5, 5.41) is 0. The van der Waals surface area contributed by atoms with Crippen LogP contribution in [0.25, 0.3) is 6.08 Å². The summed E-state index contributed by atoms with van der Waals surface area (Å²) in [6.07, 6.45) is 3.21. The van der Waals surface area contributed by atoms with Gasteiger partial charge >= 0.3 is 0 Å². The van der Waals surface area contributed by atoms with Gasteiger partial charge in [0.15, 0.2) is 5.78 Å². The predicted molar refractivity (Wildman–Crippen MR) is 86.5 cm³/mol. The first-order chi connectivity index (χ1) is 10.5. The lowest BCUT2D eigenvalue weighted by atomic mass is 10.1. The number of hydrogen-bond acceptors (Lipinski definition) is 2. The number of ketones is 1. The number of carbonyl (C=O) groups excluding carboxylic acids is 1. The van der Waals surface area contributed by atoms with Crippen LogP contribution >= 0.6 is 0 Å². The molecule has 0 aliphatic rings. The van der Waals surface area contributed by atoms with E-state index in [2.05, 4.69) is 13.8 Å². The van der Waals surface area contributed by atoms with E-state index >= 15 is 0 Å². The van der Waals surface area contributed by atoms with Gasteiger partial charge in [-0.1, -0.05) is 32.1 Å². The van der Waals surface area contributed by atoms with Crippen LogP contribution < -0.4 is 4.74 Å². The van der Waals surface area contributed by atoms with Crippen molar-refractivity contribution in [2.24, 2.45) is 5.92 Å². The van der Waals surface area contributed by atoms with Gasteiger partial charge in [-0.15, -0.1) is 0 Å². The zero-order valence-electron chi connectivity index (χ0n) is 12.8. The van der Waals surface area contributed by atoms with Crippen molar-refractivity contribution in [1.82, 2.24) is 0 Å². The van der Waals surface area contributed by atoms with E-state index in [-0.39, 0.29) is 11.6 Å². The molecule has 0 bridgehead atoms. The molecule has 2 nitrogen and oxygen atoms in total. The van der Waals surface area contributed by atoms with Crippen LogP contribution in [0.1, 0.15) is 29.8 Å². The number of halogens is 1. The zero-order chi connectivity index (χ0) is 15.9. The molecule has 0 radical (unpaired) electrons. The Hall–Kier alpha value is -2.42. The molecule has 3 heteroatoms. The largest absolute Gasteiger partial charge is 0.493 e. The fourth-order valence-electron chi connectivity index (χ4n) is 1.85. The molecular weight excluding hydrogens is 279 g/mol. The first-order valence-electron chi connectivity index (χ1n) is 7.25. The quantitative estimate of drug-likeness (QED) is 0.568. The highest BCUT2D eigenvalue weighted by Gasteiger charge is 2.02. The van der Waals surface area contributed by atoms with E-state index < -0.39 is 0 Å². The van der Waals surface area contributed by atoms with Crippen molar-refractivity contribution in [2.75, 3.05) is 6.61 Å². The van der Waals surface area contributed by atoms with Crippen LogP contribution in [-0.2, 0) is 0 Å². The second-order valence-corrected chi connectivity index (χ2v) is 5.48. The van der Waals surface area contributed by atoms with E-state index in [4.69, 9.17) is 4.74 Å². The lowest BCUT2D eigenvalue weighted by Crippen LogP contribution is -2.04. The summed E-state index contributed by atoms with van der Waals surface area (Å²) in [5.41, 5.74) is 1.35. The van der Waals surface area contributed by atoms with Crippen LogP contribution in [-0.4, -0.2) is 12.4 Å². The topological polar surface area (TPSA) is 26.3 Å². The molecule has 0 saturated heterocycles. The number of allylic oxidation sites excluding steroid dienone is 1. The molecule has 114 valence electrons. The van der Waals surface area contributed by atoms with Gasteiger partial charge in [0.25, 0.3) is 0 Å². The fourth-order valence-corrected chi connectivity index (χ4v) is 1.85. The molecule has 0 fully saturated rings. The van der Waals surface area contributed by atoms with Crippen LogP contribution in [0, 0.1) is 11.7 Å². The minimum Gasteiger partial charge on any atom is -0.493 e. The number of ether oxygens (including phenoxy) is 1. The Morgan fingerprint density at radius 2 is 1.91 bits per heavy atom. The molecule has 2 aromatic rings. The Labute approximate surface area is 130 Å². The Morgan fingerprint density at radius 3 is 2.59 bits per heavy atom. The Morgan fingerprint density at radius 1 is 1.18 bits per heavy atom. The molecule has 22 heavy (non-hydrogen) atoms. The maximum absolute atomic E-state index is 12.8. The summed E-state index contributed by atoms with van der Waals surface area (Å²) >= 11 is 0. The van der Waals surface area contributed by atoms with Gasteiger partial charge in [-0.2, -0.15) is 0 Å². The van der Waals surface area contributed by atoms with Gasteiger partial charge in [-0.25, -0.2) is 4.39 Å². The Kier molecular flexibility index (Phi) is 5.48. The van der Waals surface area contributed by atoms with Crippen molar-refractivity contribution in [3.63, 3.8) is 0 Å². The minimum absolute atomic E-state index is 0.159. The summed E-state index contributed by atoms with van der Waals surface area (Å²) in [5.74, 6) is 0.730. The SMILES string of the molecule is CC(C)COc1cccc(/C=C/C(=O)c2ccc(F)cc2)c1. The maximum atomic E-state index is 12.8. The second kappa shape index (κ2) is 7.55. The van der Waals surface area contributed by atoms with Crippen molar-refractivity contribution < 1.29 is 13.9 Å². The molecule has 0 unspecified atom stereocenters. The number of hydrogen-bond donors (Lipinski definition) is 0. The van der Waals surface area contributed by atoms with Crippen molar-refractivity contribution >= 4 is 11.9 Å². The van der Waals surface area contributed by atoms with Crippen molar-refractivity contribution in [3.8, 4) is 5.75 Å². The summed E-state index contributed by atoms with van der Waals surface area (Å²) < 4.78 is 18.5. The summed E-state index contributed by atoms with van der Waals surface area (Å²) in [6, 6.07) is 13.1. The fraction of sp³-hybridized carbons (Fsp3) is 0.211. The third-order valence-corrected chi connectivity index (χ3v) is 3.00. The first kappa shape index (κ1) is 16.0. The van der Waals surface area contributed by atoms with Gasteiger partial charge in [0.1, 0.15) is 11.6 Å². The number of benzene rings is 2. The minimum atomic E-state index is -0.351. The van der Waals surface area contributed by atoms with Crippen LogP contribution in [0.15, 0.2) is 54.6 Å². The van der Waals surface area contributed by atoms with Crippen LogP contribution in [0.2, 0.25) is 0 Å². The monoisotopic (exact) mass is 298 g/mol. The highest BCUT2D eigenvalue weighted by molar-refractivity contribution is 6.06. The predicted octanol–water partition coefficient (Wildman–Crippen LogP) is 4.76. The van der Waals surface area contributed by atoms with Crippen molar-refractivity contribution in [1.29, 1.82) is 0 Å². The highest BCUT2D eigenvalue weighted by Crippen LogP contribution is 2.16. The standard InChI is InChI=1S/C19H19FO2/c1-14(2)13-22-18-5-3-4-15(12-18)6-11-19(21)16-7-9-17(20)10-8-16/h3-12,14H,13H2,1-2H3/b11-6+. The lowest BCUT2D eigenvalue weighted by molar-refractivity contribution is 0.104. The normalized spacial score (nSPS) is 11.1. The molecule has 0 N–H and O–H groups in total. The van der Waals surface area contributed by atoms with E-state index in [1.165, 1.54) is 30.3 Å². The lowest BCUT2D eigenvalue weighted by Gasteiger charge is -2.08. The van der Waals surface area contributed by atoms with E-state index in [0.29, 0.717) is 18.1 Å². The molecule has 0 aliphatic carbocycles. The second-order valence-electron chi connectivity index (χ2n) is 5.48. The third kappa shape index (κ3) is 4.85. The van der Waals surface area contributed by atoms with E-state index in [1.54, 1.807) is 6.08 Å². The Balaban J connectivity index is 2.04. The molecule has 0 spiro atoms. The summed E-state index contributed by atoms with van der Waals surface area (Å²) in [4.78, 5) is 12.0. The van der Waals surface area contributed by atoms with Crippen LogP contribution in [0.3, 0.4) is 0 Å². The average Bonchev–Trinajstić information content (AvgIpc) is 2.52. The molecule has 2 aromatic carbocycles. The van der Waals surface area contributed by atoms with Crippen molar-refractivity contribution in [3.05, 3.63) is 71.6 Å². The maximum Gasteiger partial charge on any atom is 0.185 e. The molecule has 0 atom stereocenters. The molecule has 0 heterocycles. The number of carbonyl (C=O) groups is 1. The van der Waals surface area contributed by atoms with Crippen LogP contribution in [0.5, 0.6) is 5.75 Å². The summed E-state index contributed by atoms with van der Waals surface area (Å²) in [6.45, 7) is 4.83. The molecule has 2 rings (SSSR count). The third-order valence-electron chi connectivity index (χ3n) is 3.00. The first-order valence-corrected chi connectivity index (χ1v) is 7.25. The molecule has 0 aliphatic heterocycles. The Bertz CT molecular complexity index is 657. The zero-order valence-corrected chi connectivity index (χ0v) is 12.8. The van der Waals surface area contributed by atoms with E-state index in [1.807, 2.05) is 24.3 Å². The molecule has 0 saturated carbocycles. The van der Waals surface area contributed by atoms with Gasteiger partial charge in [0.05, 0.1) is 6.61 Å². The highest BCUT2D eigenvalue weighted by atomic mass is 19.1. The van der Waals surface area contributed by atoms with E-state index in [9.17, 15) is 9.18 Å². The smallest absolute Gasteiger partial charge is 0.185 e. The van der Waals surface area contributed by atoms with Gasteiger partial charge in [-0.05, 0) is 54.0 Å². The van der Waals surface area contributed by atoms with Gasteiger partial charge in [-0.3, -0.25) is 4.79 Å². The van der Waals surface area contributed by atoms with Crippen LogP contribution in [0.4, 0.5) is 4.39 Å². The number of rotatable bonds is 6. The molecule has 0 aromatic heterocycles.